The fourth-order valence-corrected chi connectivity index (χ4v) is 3.22. The molecule has 0 bridgehead atoms. The Morgan fingerprint density at radius 1 is 1.19 bits per heavy atom. The number of likely N-dealkylation sites (N-methyl/N-ethyl adjacent to an activating group) is 2. The van der Waals surface area contributed by atoms with Crippen LogP contribution in [0.2, 0.25) is 0 Å². The van der Waals surface area contributed by atoms with Gasteiger partial charge in [0.1, 0.15) is 0 Å². The van der Waals surface area contributed by atoms with Crippen molar-refractivity contribution in [3.63, 3.8) is 0 Å². The zero-order valence-corrected chi connectivity index (χ0v) is 16.6. The van der Waals surface area contributed by atoms with Gasteiger partial charge in [-0.15, -0.1) is 11.3 Å². The van der Waals surface area contributed by atoms with Gasteiger partial charge in [0.15, 0.2) is 4.80 Å². The molecule has 0 unspecified atom stereocenters. The smallest absolute Gasteiger partial charge is 0.322 e. The van der Waals surface area contributed by atoms with Crippen molar-refractivity contribution in [1.82, 2.24) is 14.4 Å². The van der Waals surface area contributed by atoms with Gasteiger partial charge in [-0.25, -0.2) is 4.79 Å². The molecular formula is C18H23F3N4OS. The molecule has 0 saturated heterocycles. The Labute approximate surface area is 160 Å². The van der Waals surface area contributed by atoms with E-state index in [1.807, 2.05) is 32.8 Å². The number of carbonyl (C=O) groups excluding carboxylic acids is 1. The minimum atomic E-state index is -4.38. The third-order valence-corrected chi connectivity index (χ3v) is 4.80. The summed E-state index contributed by atoms with van der Waals surface area (Å²) in [6, 6.07) is 4.44. The maximum absolute atomic E-state index is 12.8. The van der Waals surface area contributed by atoms with E-state index in [0.717, 1.165) is 23.6 Å². The molecule has 9 heteroatoms. The van der Waals surface area contributed by atoms with Gasteiger partial charge in [-0.3, -0.25) is 4.57 Å². The molecule has 0 aliphatic rings. The van der Waals surface area contributed by atoms with Crippen LogP contribution in [0, 0.1) is 6.92 Å². The van der Waals surface area contributed by atoms with Crippen LogP contribution in [0.15, 0.2) is 35.5 Å². The molecule has 0 N–H and O–H groups in total. The lowest BCUT2D eigenvalue weighted by Crippen LogP contribution is -2.35. The summed E-state index contributed by atoms with van der Waals surface area (Å²) >= 11 is 1.32. The zero-order chi connectivity index (χ0) is 20.2. The van der Waals surface area contributed by atoms with Crippen molar-refractivity contribution >= 4 is 17.4 Å². The van der Waals surface area contributed by atoms with Crippen molar-refractivity contribution in [1.29, 1.82) is 0 Å². The molecule has 0 spiro atoms. The predicted octanol–water partition coefficient (Wildman–Crippen LogP) is 3.77. The van der Waals surface area contributed by atoms with Gasteiger partial charge in [0.2, 0.25) is 0 Å². The van der Waals surface area contributed by atoms with Gasteiger partial charge in [0.25, 0.3) is 0 Å². The van der Waals surface area contributed by atoms with Crippen molar-refractivity contribution in [2.24, 2.45) is 4.99 Å². The average molecular weight is 400 g/mol. The van der Waals surface area contributed by atoms with E-state index in [1.165, 1.54) is 23.5 Å². The van der Waals surface area contributed by atoms with Gasteiger partial charge >= 0.3 is 12.2 Å². The Bertz CT molecular complexity index is 838. The predicted molar refractivity (Wildman–Crippen MR) is 100 cm³/mol. The fraction of sp³-hybridized carbons (Fsp3) is 0.444. The van der Waals surface area contributed by atoms with E-state index in [4.69, 9.17) is 0 Å². The summed E-state index contributed by atoms with van der Waals surface area (Å²) < 4.78 is 39.9. The fourth-order valence-electron chi connectivity index (χ4n) is 2.39. The number of hydrogen-bond donors (Lipinski definition) is 0. The number of rotatable bonds is 5. The monoisotopic (exact) mass is 400 g/mol. The molecule has 27 heavy (non-hydrogen) atoms. The van der Waals surface area contributed by atoms with E-state index in [-0.39, 0.29) is 6.03 Å². The largest absolute Gasteiger partial charge is 0.416 e. The third kappa shape index (κ3) is 5.67. The second kappa shape index (κ2) is 8.71. The molecule has 1 heterocycles. The number of halogens is 3. The van der Waals surface area contributed by atoms with Crippen LogP contribution in [0.3, 0.4) is 0 Å². The molecular weight excluding hydrogens is 377 g/mol. The maximum Gasteiger partial charge on any atom is 0.416 e. The first kappa shape index (κ1) is 21.2. The van der Waals surface area contributed by atoms with E-state index in [9.17, 15) is 18.0 Å². The molecule has 2 aromatic rings. The highest BCUT2D eigenvalue weighted by Gasteiger charge is 2.30. The summed E-state index contributed by atoms with van der Waals surface area (Å²) in [5, 5.41) is 0. The van der Waals surface area contributed by atoms with Crippen LogP contribution in [0.1, 0.15) is 17.4 Å². The number of benzene rings is 1. The number of amides is 2. The van der Waals surface area contributed by atoms with Crippen molar-refractivity contribution in [3.05, 3.63) is 45.7 Å². The highest BCUT2D eigenvalue weighted by atomic mass is 32.1. The van der Waals surface area contributed by atoms with Gasteiger partial charge in [0, 0.05) is 36.4 Å². The number of urea groups is 1. The molecule has 1 aromatic heterocycles. The van der Waals surface area contributed by atoms with Crippen LogP contribution in [-0.2, 0) is 6.18 Å². The van der Waals surface area contributed by atoms with Crippen molar-refractivity contribution < 1.29 is 18.0 Å². The molecule has 5 nitrogen and oxygen atoms in total. The molecule has 2 amide bonds. The summed E-state index contributed by atoms with van der Waals surface area (Å²) in [4.78, 5) is 21.7. The maximum atomic E-state index is 12.8. The number of hydrogen-bond acceptors (Lipinski definition) is 3. The lowest BCUT2D eigenvalue weighted by atomic mass is 10.2. The number of aromatic nitrogens is 1. The first-order valence-electron chi connectivity index (χ1n) is 8.47. The van der Waals surface area contributed by atoms with Crippen molar-refractivity contribution in [3.8, 4) is 5.69 Å². The number of thiazole rings is 1. The Morgan fingerprint density at radius 3 is 2.33 bits per heavy atom. The van der Waals surface area contributed by atoms with Gasteiger partial charge in [-0.05, 0) is 52.2 Å². The van der Waals surface area contributed by atoms with Crippen LogP contribution in [-0.4, -0.2) is 54.1 Å². The minimum absolute atomic E-state index is 0.359. The summed E-state index contributed by atoms with van der Waals surface area (Å²) in [7, 11) is 3.85. The SMILES string of the molecule is CCN(CCN(C)C)C(=O)N=c1sc(C)cn1-c1ccc(C(F)(F)F)cc1. The van der Waals surface area contributed by atoms with Gasteiger partial charge in [0.05, 0.1) is 5.56 Å². The normalized spacial score (nSPS) is 12.7. The summed E-state index contributed by atoms with van der Waals surface area (Å²) in [6.07, 6.45) is -2.62. The highest BCUT2D eigenvalue weighted by molar-refractivity contribution is 7.09. The molecule has 0 atom stereocenters. The summed E-state index contributed by atoms with van der Waals surface area (Å²) in [6.45, 7) is 5.54. The molecule has 0 fully saturated rings. The number of aryl methyl sites for hydroxylation is 1. The van der Waals surface area contributed by atoms with Gasteiger partial charge < -0.3 is 9.80 Å². The number of carbonyl (C=O) groups is 1. The van der Waals surface area contributed by atoms with E-state index in [0.29, 0.717) is 23.6 Å². The quantitative estimate of drug-likeness (QED) is 0.767. The molecule has 1 aromatic carbocycles. The Hall–Kier alpha value is -2.13. The van der Waals surface area contributed by atoms with Crippen LogP contribution >= 0.6 is 11.3 Å². The van der Waals surface area contributed by atoms with Crippen molar-refractivity contribution in [2.45, 2.75) is 20.0 Å². The number of nitrogens with zero attached hydrogens (tertiary/aromatic N) is 4. The Kier molecular flexibility index (Phi) is 6.83. The Morgan fingerprint density at radius 2 is 1.81 bits per heavy atom. The van der Waals surface area contributed by atoms with Crippen LogP contribution in [0.4, 0.5) is 18.0 Å². The molecule has 148 valence electrons. The molecule has 0 aliphatic carbocycles. The highest BCUT2D eigenvalue weighted by Crippen LogP contribution is 2.29. The van der Waals surface area contributed by atoms with Crippen LogP contribution < -0.4 is 4.80 Å². The molecule has 0 saturated carbocycles. The van der Waals surface area contributed by atoms with E-state index in [2.05, 4.69) is 4.99 Å². The number of alkyl halides is 3. The van der Waals surface area contributed by atoms with Crippen molar-refractivity contribution in [2.75, 3.05) is 33.7 Å². The average Bonchev–Trinajstić information content (AvgIpc) is 2.94. The molecule has 2 rings (SSSR count). The molecule has 0 aliphatic heterocycles. The van der Waals surface area contributed by atoms with Crippen LogP contribution in [0.25, 0.3) is 5.69 Å². The van der Waals surface area contributed by atoms with Crippen LogP contribution in [0.5, 0.6) is 0 Å². The Balaban J connectivity index is 2.34. The second-order valence-corrected chi connectivity index (χ2v) is 7.53. The lowest BCUT2D eigenvalue weighted by molar-refractivity contribution is -0.137. The van der Waals surface area contributed by atoms with Gasteiger partial charge in [-0.2, -0.15) is 18.2 Å². The minimum Gasteiger partial charge on any atom is -0.322 e. The summed E-state index contributed by atoms with van der Waals surface area (Å²) in [5.41, 5.74) is -0.190. The lowest BCUT2D eigenvalue weighted by Gasteiger charge is -2.20. The van der Waals surface area contributed by atoms with E-state index in [1.54, 1.807) is 15.7 Å². The second-order valence-electron chi connectivity index (χ2n) is 6.32. The third-order valence-electron chi connectivity index (χ3n) is 3.90. The topological polar surface area (TPSA) is 40.8 Å². The standard InChI is InChI=1S/C18H23F3N4OS/c1-5-24(11-10-23(3)4)16(26)22-17-25(12-13(2)27-17)15-8-6-14(7-9-15)18(19,20)21/h6-9,12H,5,10-11H2,1-4H3. The molecule has 0 radical (unpaired) electrons. The first-order valence-corrected chi connectivity index (χ1v) is 9.28. The summed E-state index contributed by atoms with van der Waals surface area (Å²) in [5.74, 6) is 0. The van der Waals surface area contributed by atoms with Gasteiger partial charge in [-0.1, -0.05) is 0 Å². The first-order chi connectivity index (χ1) is 12.6. The van der Waals surface area contributed by atoms with E-state index < -0.39 is 11.7 Å². The van der Waals surface area contributed by atoms with E-state index >= 15 is 0 Å². The zero-order valence-electron chi connectivity index (χ0n) is 15.7.